The van der Waals surface area contributed by atoms with E-state index in [1.807, 2.05) is 30.3 Å². The Kier molecular flexibility index (Phi) is 5.53. The van der Waals surface area contributed by atoms with Crippen LogP contribution in [0.2, 0.25) is 0 Å². The van der Waals surface area contributed by atoms with E-state index < -0.39 is 0 Å². The molecule has 1 aliphatic carbocycles. The summed E-state index contributed by atoms with van der Waals surface area (Å²) in [6, 6.07) is 9.20. The van der Waals surface area contributed by atoms with Crippen molar-refractivity contribution in [3.63, 3.8) is 0 Å². The van der Waals surface area contributed by atoms with E-state index in [1.165, 1.54) is 24.2 Å². The Hall–Kier alpha value is -2.28. The monoisotopic (exact) mass is 344 g/mol. The molecule has 126 valence electrons. The third-order valence-electron chi connectivity index (χ3n) is 4.08. The maximum atomic E-state index is 12.1. The third-order valence-corrected chi connectivity index (χ3v) is 5.00. The minimum atomic E-state index is -0.290. The summed E-state index contributed by atoms with van der Waals surface area (Å²) >= 11 is 1.20. The Labute approximate surface area is 144 Å². The first-order chi connectivity index (χ1) is 11.7. The second-order valence-corrected chi connectivity index (χ2v) is 7.01. The number of nitrogens with zero attached hydrogens (tertiary/aromatic N) is 2. The molecule has 0 unspecified atom stereocenters. The normalized spacial score (nSPS) is 14.5. The van der Waals surface area contributed by atoms with Gasteiger partial charge in [-0.1, -0.05) is 42.4 Å². The number of para-hydroxylation sites is 1. The van der Waals surface area contributed by atoms with Crippen molar-refractivity contribution in [1.82, 2.24) is 15.5 Å². The zero-order chi connectivity index (χ0) is 16.8. The number of nitrogens with one attached hydrogen (secondary N) is 2. The van der Waals surface area contributed by atoms with E-state index in [0.717, 1.165) is 12.8 Å². The third kappa shape index (κ3) is 4.61. The highest BCUT2D eigenvalue weighted by atomic mass is 32.1. The number of hydrogen-bond donors (Lipinski definition) is 2. The minimum Gasteiger partial charge on any atom is -0.350 e. The molecule has 1 heterocycles. The summed E-state index contributed by atoms with van der Waals surface area (Å²) in [5.74, 6) is 0.279. The van der Waals surface area contributed by atoms with Gasteiger partial charge in [0.25, 0.3) is 5.91 Å². The molecule has 0 spiro atoms. The quantitative estimate of drug-likeness (QED) is 0.844. The van der Waals surface area contributed by atoms with Crippen molar-refractivity contribution in [1.29, 1.82) is 0 Å². The van der Waals surface area contributed by atoms with Crippen molar-refractivity contribution in [2.75, 3.05) is 5.32 Å². The molecule has 2 N–H and O–H groups in total. The Morgan fingerprint density at radius 1 is 1.12 bits per heavy atom. The molecule has 7 heteroatoms. The fraction of sp³-hybridized carbons (Fsp3) is 0.412. The zero-order valence-electron chi connectivity index (χ0n) is 13.3. The molecule has 1 saturated carbocycles. The van der Waals surface area contributed by atoms with Gasteiger partial charge in [0.1, 0.15) is 5.01 Å². The van der Waals surface area contributed by atoms with Gasteiger partial charge in [-0.05, 0) is 30.9 Å². The molecule has 0 aliphatic heterocycles. The van der Waals surface area contributed by atoms with Gasteiger partial charge in [0.15, 0.2) is 0 Å². The summed E-state index contributed by atoms with van der Waals surface area (Å²) < 4.78 is 0. The van der Waals surface area contributed by atoms with E-state index in [4.69, 9.17) is 0 Å². The van der Waals surface area contributed by atoms with Crippen LogP contribution in [0.15, 0.2) is 30.3 Å². The average molecular weight is 344 g/mol. The molecule has 0 radical (unpaired) electrons. The molecular formula is C17H20N4O2S. The van der Waals surface area contributed by atoms with Gasteiger partial charge in [0, 0.05) is 12.1 Å². The molecule has 1 aliphatic rings. The molecule has 6 nitrogen and oxygen atoms in total. The number of benzene rings is 1. The van der Waals surface area contributed by atoms with Gasteiger partial charge in [0.05, 0.1) is 6.54 Å². The van der Waals surface area contributed by atoms with Crippen molar-refractivity contribution in [2.45, 2.75) is 38.6 Å². The van der Waals surface area contributed by atoms with Crippen molar-refractivity contribution in [3.05, 3.63) is 40.3 Å². The van der Waals surface area contributed by atoms with Gasteiger partial charge in [-0.2, -0.15) is 0 Å². The molecule has 3 rings (SSSR count). The largest absolute Gasteiger partial charge is 0.350 e. The first-order valence-electron chi connectivity index (χ1n) is 8.16. The fourth-order valence-electron chi connectivity index (χ4n) is 2.85. The van der Waals surface area contributed by atoms with Gasteiger partial charge < -0.3 is 10.6 Å². The smallest absolute Gasteiger partial charge is 0.286 e. The highest BCUT2D eigenvalue weighted by Crippen LogP contribution is 2.27. The fourth-order valence-corrected chi connectivity index (χ4v) is 3.52. The second-order valence-electron chi connectivity index (χ2n) is 5.95. The zero-order valence-corrected chi connectivity index (χ0v) is 14.1. The molecule has 0 bridgehead atoms. The van der Waals surface area contributed by atoms with Crippen molar-refractivity contribution < 1.29 is 9.59 Å². The summed E-state index contributed by atoms with van der Waals surface area (Å²) in [6.45, 7) is 0.321. The summed E-state index contributed by atoms with van der Waals surface area (Å²) in [5, 5.41) is 14.4. The molecular weight excluding hydrogens is 324 g/mol. The predicted octanol–water partition coefficient (Wildman–Crippen LogP) is 2.99. The van der Waals surface area contributed by atoms with Gasteiger partial charge in [-0.3, -0.25) is 9.59 Å². The molecule has 0 saturated heterocycles. The van der Waals surface area contributed by atoms with E-state index in [9.17, 15) is 9.59 Å². The molecule has 1 aromatic carbocycles. The van der Waals surface area contributed by atoms with Crippen LogP contribution in [-0.2, 0) is 11.3 Å². The lowest BCUT2D eigenvalue weighted by Gasteiger charge is -2.08. The van der Waals surface area contributed by atoms with Gasteiger partial charge in [-0.15, -0.1) is 10.2 Å². The minimum absolute atomic E-state index is 0.0485. The van der Waals surface area contributed by atoms with E-state index in [1.54, 1.807) is 0 Å². The lowest BCUT2D eigenvalue weighted by atomic mass is 10.0. The summed E-state index contributed by atoms with van der Waals surface area (Å²) in [7, 11) is 0. The topological polar surface area (TPSA) is 84.0 Å². The van der Waals surface area contributed by atoms with E-state index in [0.29, 0.717) is 34.6 Å². The Morgan fingerprint density at radius 3 is 2.62 bits per heavy atom. The maximum absolute atomic E-state index is 12.1. The van der Waals surface area contributed by atoms with Gasteiger partial charge >= 0.3 is 0 Å². The maximum Gasteiger partial charge on any atom is 0.286 e. The highest BCUT2D eigenvalue weighted by molar-refractivity contribution is 7.13. The number of hydrogen-bond acceptors (Lipinski definition) is 5. The van der Waals surface area contributed by atoms with Crippen LogP contribution >= 0.6 is 11.3 Å². The molecule has 0 atom stereocenters. The standard InChI is InChI=1S/C17H20N4O2S/c22-14(10-12-6-4-5-7-12)18-11-15-20-21-17(24-15)16(23)19-13-8-2-1-3-9-13/h1-3,8-9,12H,4-7,10-11H2,(H,18,22)(H,19,23). The average Bonchev–Trinajstić information content (AvgIpc) is 3.25. The lowest BCUT2D eigenvalue weighted by molar-refractivity contribution is -0.122. The number of aromatic nitrogens is 2. The highest BCUT2D eigenvalue weighted by Gasteiger charge is 2.19. The first-order valence-corrected chi connectivity index (χ1v) is 8.98. The number of carbonyl (C=O) groups is 2. The Balaban J connectivity index is 1.48. The first kappa shape index (κ1) is 16.6. The molecule has 24 heavy (non-hydrogen) atoms. The van der Waals surface area contributed by atoms with Crippen molar-refractivity contribution in [3.8, 4) is 0 Å². The SMILES string of the molecule is O=C(CC1CCCC1)NCc1nnc(C(=O)Nc2ccccc2)s1. The van der Waals surface area contributed by atoms with E-state index in [-0.39, 0.29) is 11.8 Å². The van der Waals surface area contributed by atoms with Gasteiger partial charge in [0.2, 0.25) is 10.9 Å². The number of amides is 2. The lowest BCUT2D eigenvalue weighted by Crippen LogP contribution is -2.24. The second kappa shape index (κ2) is 8.01. The number of rotatable bonds is 6. The Bertz CT molecular complexity index is 696. The van der Waals surface area contributed by atoms with Gasteiger partial charge in [-0.25, -0.2) is 0 Å². The summed E-state index contributed by atoms with van der Waals surface area (Å²) in [5.41, 5.74) is 0.712. The Morgan fingerprint density at radius 2 is 1.88 bits per heavy atom. The van der Waals surface area contributed by atoms with Crippen LogP contribution in [0.25, 0.3) is 0 Å². The van der Waals surface area contributed by atoms with Crippen LogP contribution in [0.5, 0.6) is 0 Å². The van der Waals surface area contributed by atoms with Crippen LogP contribution in [0.1, 0.15) is 46.9 Å². The van der Waals surface area contributed by atoms with Crippen LogP contribution < -0.4 is 10.6 Å². The molecule has 1 aromatic heterocycles. The number of anilines is 1. The molecule has 2 aromatic rings. The summed E-state index contributed by atoms with van der Waals surface area (Å²) in [4.78, 5) is 24.0. The van der Waals surface area contributed by atoms with E-state index in [2.05, 4.69) is 20.8 Å². The molecule has 2 amide bonds. The van der Waals surface area contributed by atoms with Crippen LogP contribution in [0, 0.1) is 5.92 Å². The van der Waals surface area contributed by atoms with Crippen molar-refractivity contribution in [2.24, 2.45) is 5.92 Å². The van der Waals surface area contributed by atoms with Crippen LogP contribution in [0.3, 0.4) is 0 Å². The van der Waals surface area contributed by atoms with Crippen LogP contribution in [-0.4, -0.2) is 22.0 Å². The predicted molar refractivity (Wildman–Crippen MR) is 92.7 cm³/mol. The van der Waals surface area contributed by atoms with Crippen molar-refractivity contribution >= 4 is 28.8 Å². The molecule has 1 fully saturated rings. The van der Waals surface area contributed by atoms with Crippen LogP contribution in [0.4, 0.5) is 5.69 Å². The van der Waals surface area contributed by atoms with E-state index >= 15 is 0 Å². The number of carbonyl (C=O) groups excluding carboxylic acids is 2. The summed E-state index contributed by atoms with van der Waals surface area (Å²) in [6.07, 6.45) is 5.34.